The molecule has 150 valence electrons. The summed E-state index contributed by atoms with van der Waals surface area (Å²) < 4.78 is 5.76. The lowest BCUT2D eigenvalue weighted by molar-refractivity contribution is -0.118. The summed E-state index contributed by atoms with van der Waals surface area (Å²) in [7, 11) is 1.98. The van der Waals surface area contributed by atoms with E-state index in [9.17, 15) is 4.79 Å². The highest BCUT2D eigenvalue weighted by Crippen LogP contribution is 2.31. The van der Waals surface area contributed by atoms with E-state index in [1.54, 1.807) is 4.90 Å². The van der Waals surface area contributed by atoms with Gasteiger partial charge in [-0.3, -0.25) is 9.69 Å². The molecule has 0 saturated heterocycles. The van der Waals surface area contributed by atoms with Crippen LogP contribution in [-0.2, 0) is 4.79 Å². The van der Waals surface area contributed by atoms with E-state index in [2.05, 4.69) is 0 Å². The van der Waals surface area contributed by atoms with Crippen LogP contribution in [0.25, 0.3) is 11.0 Å². The van der Waals surface area contributed by atoms with Crippen LogP contribution in [0.4, 0.5) is 11.6 Å². The Balaban J connectivity index is 1.42. The van der Waals surface area contributed by atoms with Gasteiger partial charge in [-0.05, 0) is 49.2 Å². The smallest absolute Gasteiger partial charge is 0.228 e. The number of hydrogen-bond donors (Lipinski definition) is 0. The lowest BCUT2D eigenvalue weighted by atomic mass is 10.2. The Hall–Kier alpha value is -2.86. The second-order valence-corrected chi connectivity index (χ2v) is 7.60. The average molecular weight is 411 g/mol. The summed E-state index contributed by atoms with van der Waals surface area (Å²) in [5.41, 5.74) is 2.60. The number of para-hydroxylation sites is 2. The maximum Gasteiger partial charge on any atom is 0.228 e. The fourth-order valence-corrected chi connectivity index (χ4v) is 3.50. The quantitative estimate of drug-likeness (QED) is 0.589. The molecule has 4 rings (SSSR count). The van der Waals surface area contributed by atoms with Crippen molar-refractivity contribution in [2.45, 2.75) is 19.8 Å². The first-order valence-electron chi connectivity index (χ1n) is 9.70. The molecule has 0 aliphatic carbocycles. The third-order valence-electron chi connectivity index (χ3n) is 5.04. The SMILES string of the molecule is Cc1cc(OCCCC(=O)N2CCN(C)c3nc4ccccc4nc32)ccc1Cl. The van der Waals surface area contributed by atoms with E-state index in [0.717, 1.165) is 39.7 Å². The molecule has 1 aromatic heterocycles. The lowest BCUT2D eigenvalue weighted by Gasteiger charge is -2.33. The number of amides is 1. The topological polar surface area (TPSA) is 58.6 Å². The summed E-state index contributed by atoms with van der Waals surface area (Å²) in [6.07, 6.45) is 1.02. The van der Waals surface area contributed by atoms with Gasteiger partial charge in [-0.1, -0.05) is 23.7 Å². The molecule has 1 aliphatic heterocycles. The molecule has 0 unspecified atom stereocenters. The second kappa shape index (κ2) is 8.25. The van der Waals surface area contributed by atoms with Crippen molar-refractivity contribution >= 4 is 40.2 Å². The molecule has 2 aromatic carbocycles. The highest BCUT2D eigenvalue weighted by Gasteiger charge is 2.28. The molecule has 0 atom stereocenters. The van der Waals surface area contributed by atoms with Gasteiger partial charge in [-0.25, -0.2) is 9.97 Å². The van der Waals surface area contributed by atoms with E-state index in [1.807, 2.05) is 61.3 Å². The highest BCUT2D eigenvalue weighted by molar-refractivity contribution is 6.31. The molecular weight excluding hydrogens is 388 g/mol. The molecule has 0 fully saturated rings. The zero-order valence-corrected chi connectivity index (χ0v) is 17.3. The van der Waals surface area contributed by atoms with Crippen molar-refractivity contribution in [1.82, 2.24) is 9.97 Å². The Morgan fingerprint density at radius 3 is 2.55 bits per heavy atom. The summed E-state index contributed by atoms with van der Waals surface area (Å²) in [4.78, 5) is 26.1. The first-order valence-corrected chi connectivity index (χ1v) is 10.1. The van der Waals surface area contributed by atoms with Gasteiger partial charge in [-0.2, -0.15) is 0 Å². The van der Waals surface area contributed by atoms with Crippen molar-refractivity contribution in [3.8, 4) is 5.75 Å². The summed E-state index contributed by atoms with van der Waals surface area (Å²) in [5, 5.41) is 0.717. The number of aromatic nitrogens is 2. The molecule has 0 spiro atoms. The number of benzene rings is 2. The molecule has 6 nitrogen and oxygen atoms in total. The molecule has 2 heterocycles. The van der Waals surface area contributed by atoms with Crippen LogP contribution in [0.2, 0.25) is 5.02 Å². The summed E-state index contributed by atoms with van der Waals surface area (Å²) >= 11 is 6.04. The third-order valence-corrected chi connectivity index (χ3v) is 5.47. The van der Waals surface area contributed by atoms with Gasteiger partial charge in [0, 0.05) is 31.6 Å². The van der Waals surface area contributed by atoms with E-state index in [-0.39, 0.29) is 5.91 Å². The fraction of sp³-hybridized carbons (Fsp3) is 0.318. The number of ether oxygens (including phenoxy) is 1. The minimum Gasteiger partial charge on any atom is -0.494 e. The molecule has 0 saturated carbocycles. The number of halogens is 1. The molecule has 7 heteroatoms. The lowest BCUT2D eigenvalue weighted by Crippen LogP contribution is -2.43. The van der Waals surface area contributed by atoms with E-state index in [0.29, 0.717) is 31.8 Å². The van der Waals surface area contributed by atoms with E-state index >= 15 is 0 Å². The Bertz CT molecular complexity index is 1060. The molecule has 3 aromatic rings. The van der Waals surface area contributed by atoms with Crippen LogP contribution in [0.1, 0.15) is 18.4 Å². The van der Waals surface area contributed by atoms with E-state index in [4.69, 9.17) is 26.3 Å². The summed E-state index contributed by atoms with van der Waals surface area (Å²) in [5.74, 6) is 2.19. The average Bonchev–Trinajstić information content (AvgIpc) is 2.73. The number of carbonyl (C=O) groups is 1. The molecule has 1 aliphatic rings. The van der Waals surface area contributed by atoms with Gasteiger partial charge < -0.3 is 9.64 Å². The number of hydrogen-bond acceptors (Lipinski definition) is 5. The second-order valence-electron chi connectivity index (χ2n) is 7.19. The zero-order chi connectivity index (χ0) is 20.4. The van der Waals surface area contributed by atoms with Crippen LogP contribution >= 0.6 is 11.6 Å². The maximum absolute atomic E-state index is 12.9. The van der Waals surface area contributed by atoms with Crippen molar-refractivity contribution in [3.63, 3.8) is 0 Å². The number of anilines is 2. The minimum absolute atomic E-state index is 0.0415. The van der Waals surface area contributed by atoms with E-state index in [1.165, 1.54) is 0 Å². The fourth-order valence-electron chi connectivity index (χ4n) is 3.38. The number of carbonyl (C=O) groups excluding carboxylic acids is 1. The number of rotatable bonds is 5. The first-order chi connectivity index (χ1) is 14.0. The molecule has 1 amide bonds. The Morgan fingerprint density at radius 2 is 1.83 bits per heavy atom. The van der Waals surface area contributed by atoms with Crippen molar-refractivity contribution in [1.29, 1.82) is 0 Å². The minimum atomic E-state index is 0.0415. The van der Waals surface area contributed by atoms with Gasteiger partial charge in [0.2, 0.25) is 5.91 Å². The molecule has 0 bridgehead atoms. The number of fused-ring (bicyclic) bond motifs is 2. The predicted molar refractivity (Wildman–Crippen MR) is 116 cm³/mol. The summed E-state index contributed by atoms with van der Waals surface area (Å²) in [6.45, 7) is 3.74. The highest BCUT2D eigenvalue weighted by atomic mass is 35.5. The molecule has 29 heavy (non-hydrogen) atoms. The van der Waals surface area contributed by atoms with Gasteiger partial charge in [0.25, 0.3) is 0 Å². The third kappa shape index (κ3) is 4.12. The Morgan fingerprint density at radius 1 is 1.10 bits per heavy atom. The number of nitrogens with zero attached hydrogens (tertiary/aromatic N) is 4. The van der Waals surface area contributed by atoms with Gasteiger partial charge >= 0.3 is 0 Å². The van der Waals surface area contributed by atoms with Gasteiger partial charge in [0.15, 0.2) is 11.6 Å². The van der Waals surface area contributed by atoms with Crippen molar-refractivity contribution in [2.75, 3.05) is 36.5 Å². The summed E-state index contributed by atoms with van der Waals surface area (Å²) in [6, 6.07) is 13.3. The zero-order valence-electron chi connectivity index (χ0n) is 16.6. The van der Waals surface area contributed by atoms with Crippen molar-refractivity contribution < 1.29 is 9.53 Å². The van der Waals surface area contributed by atoms with E-state index < -0.39 is 0 Å². The van der Waals surface area contributed by atoms with Gasteiger partial charge in [0.1, 0.15) is 5.75 Å². The predicted octanol–water partition coefficient (Wildman–Crippen LogP) is 4.23. The van der Waals surface area contributed by atoms with Crippen LogP contribution < -0.4 is 14.5 Å². The van der Waals surface area contributed by atoms with Gasteiger partial charge in [-0.15, -0.1) is 0 Å². The van der Waals surface area contributed by atoms with Gasteiger partial charge in [0.05, 0.1) is 17.6 Å². The molecular formula is C22H23ClN4O2. The number of likely N-dealkylation sites (N-methyl/N-ethyl adjacent to an activating group) is 1. The molecule has 0 N–H and O–H groups in total. The standard InChI is InChI=1S/C22H23ClN4O2/c1-15-14-16(9-10-17(15)23)29-13-5-8-20(28)27-12-11-26(2)21-22(27)25-19-7-4-3-6-18(19)24-21/h3-4,6-7,9-10,14H,5,8,11-13H2,1-2H3. The Labute approximate surface area is 175 Å². The van der Waals surface area contributed by atoms with Crippen LogP contribution in [0.15, 0.2) is 42.5 Å². The number of aryl methyl sites for hydroxylation is 1. The Kier molecular flexibility index (Phi) is 5.53. The molecule has 0 radical (unpaired) electrons. The van der Waals surface area contributed by atoms with Crippen molar-refractivity contribution in [2.24, 2.45) is 0 Å². The van der Waals surface area contributed by atoms with Crippen LogP contribution in [0.3, 0.4) is 0 Å². The van der Waals surface area contributed by atoms with Crippen LogP contribution in [0, 0.1) is 6.92 Å². The monoisotopic (exact) mass is 410 g/mol. The first kappa shape index (κ1) is 19.5. The van der Waals surface area contributed by atoms with Crippen LogP contribution in [0.5, 0.6) is 5.75 Å². The van der Waals surface area contributed by atoms with Crippen molar-refractivity contribution in [3.05, 3.63) is 53.1 Å². The maximum atomic E-state index is 12.9. The normalized spacial score (nSPS) is 13.5. The largest absolute Gasteiger partial charge is 0.494 e. The van der Waals surface area contributed by atoms with Crippen LogP contribution in [-0.4, -0.2) is 42.6 Å².